The van der Waals surface area contributed by atoms with Gasteiger partial charge in [-0.1, -0.05) is 35.9 Å². The van der Waals surface area contributed by atoms with Gasteiger partial charge in [0.1, 0.15) is 11.3 Å². The molecule has 2 N–H and O–H groups in total. The first-order valence-corrected chi connectivity index (χ1v) is 10.5. The quantitative estimate of drug-likeness (QED) is 0.629. The topological polar surface area (TPSA) is 68.5 Å². The molecule has 30 heavy (non-hydrogen) atoms. The summed E-state index contributed by atoms with van der Waals surface area (Å²) in [5.74, 6) is 1.29. The van der Waals surface area contributed by atoms with Crippen LogP contribution >= 0.6 is 11.6 Å². The van der Waals surface area contributed by atoms with Crippen LogP contribution in [0.4, 0.5) is 0 Å². The van der Waals surface area contributed by atoms with Crippen LogP contribution in [-0.4, -0.2) is 28.9 Å². The van der Waals surface area contributed by atoms with Crippen molar-refractivity contribution in [2.24, 2.45) is 5.73 Å². The lowest BCUT2D eigenvalue weighted by atomic mass is 9.88. The Labute approximate surface area is 181 Å². The minimum atomic E-state index is -0.0544. The molecule has 2 heterocycles. The average Bonchev–Trinajstić information content (AvgIpc) is 2.80. The number of ether oxygens (including phenoxy) is 1. The second kappa shape index (κ2) is 9.28. The molecule has 0 unspecified atom stereocenters. The molecule has 1 aliphatic heterocycles. The Hall–Kier alpha value is -2.89. The zero-order valence-electron chi connectivity index (χ0n) is 16.6. The van der Waals surface area contributed by atoms with Gasteiger partial charge in [-0.15, -0.1) is 0 Å². The highest BCUT2D eigenvalue weighted by Gasteiger charge is 2.27. The summed E-state index contributed by atoms with van der Waals surface area (Å²) in [4.78, 5) is 19.3. The lowest BCUT2D eigenvalue weighted by Gasteiger charge is -2.32. The summed E-state index contributed by atoms with van der Waals surface area (Å²) in [7, 11) is 0. The second-order valence-electron chi connectivity index (χ2n) is 7.43. The van der Waals surface area contributed by atoms with Gasteiger partial charge in [-0.05, 0) is 66.3 Å². The Kier molecular flexibility index (Phi) is 6.31. The van der Waals surface area contributed by atoms with Crippen LogP contribution in [0.25, 0.3) is 0 Å². The molecule has 0 atom stereocenters. The van der Waals surface area contributed by atoms with E-state index in [-0.39, 0.29) is 5.91 Å². The molecule has 1 aromatic heterocycles. The molecule has 1 amide bonds. The molecule has 6 heteroatoms. The molecule has 1 saturated heterocycles. The molecule has 1 aliphatic rings. The van der Waals surface area contributed by atoms with Gasteiger partial charge in [0.15, 0.2) is 0 Å². The Morgan fingerprint density at radius 3 is 2.60 bits per heavy atom. The Balaban J connectivity index is 1.45. The lowest BCUT2D eigenvalue weighted by molar-refractivity contribution is 0.0709. The number of nitrogens with two attached hydrogens (primary N) is 1. The summed E-state index contributed by atoms with van der Waals surface area (Å²) in [5, 5.41) is 0.625. The van der Waals surface area contributed by atoms with Crippen LogP contribution in [0.3, 0.4) is 0 Å². The molecule has 0 radical (unpaired) electrons. The zero-order chi connectivity index (χ0) is 20.9. The maximum absolute atomic E-state index is 13.2. The first kappa shape index (κ1) is 20.4. The normalized spacial score (nSPS) is 14.5. The standard InChI is InChI=1S/C24H24ClN3O2/c25-20-6-8-21(9-7-20)30-23-22(5-2-12-27-23)24(29)28-13-10-18(11-14-28)19-4-1-3-17(15-19)16-26/h1-9,12,15,18H,10-11,13-14,16,26H2. The maximum Gasteiger partial charge on any atom is 0.259 e. The Bertz CT molecular complexity index is 1010. The summed E-state index contributed by atoms with van der Waals surface area (Å²) < 4.78 is 5.86. The van der Waals surface area contributed by atoms with E-state index in [4.69, 9.17) is 22.1 Å². The molecule has 1 fully saturated rings. The molecule has 0 spiro atoms. The smallest absolute Gasteiger partial charge is 0.259 e. The fourth-order valence-corrected chi connectivity index (χ4v) is 3.94. The van der Waals surface area contributed by atoms with Crippen molar-refractivity contribution in [3.63, 3.8) is 0 Å². The zero-order valence-corrected chi connectivity index (χ0v) is 17.4. The highest BCUT2D eigenvalue weighted by Crippen LogP contribution is 2.31. The molecular formula is C24H24ClN3O2. The third-order valence-corrected chi connectivity index (χ3v) is 5.72. The number of nitrogens with zero attached hydrogens (tertiary/aromatic N) is 2. The van der Waals surface area contributed by atoms with Crippen LogP contribution in [0, 0.1) is 0 Å². The van der Waals surface area contributed by atoms with E-state index < -0.39 is 0 Å². The van der Waals surface area contributed by atoms with Gasteiger partial charge in [-0.25, -0.2) is 4.98 Å². The number of benzene rings is 2. The maximum atomic E-state index is 13.2. The molecule has 4 rings (SSSR count). The van der Waals surface area contributed by atoms with E-state index in [1.54, 1.807) is 42.6 Å². The van der Waals surface area contributed by atoms with Crippen molar-refractivity contribution in [2.45, 2.75) is 25.3 Å². The minimum absolute atomic E-state index is 0.0544. The summed E-state index contributed by atoms with van der Waals surface area (Å²) in [6.45, 7) is 1.94. The van der Waals surface area contributed by atoms with E-state index >= 15 is 0 Å². The number of piperidine rings is 1. The average molecular weight is 422 g/mol. The van der Waals surface area contributed by atoms with Gasteiger partial charge in [0.25, 0.3) is 5.91 Å². The third kappa shape index (κ3) is 4.64. The van der Waals surface area contributed by atoms with Crippen LogP contribution in [0.1, 0.15) is 40.2 Å². The first-order chi connectivity index (χ1) is 14.6. The number of carbonyl (C=O) groups is 1. The fraction of sp³-hybridized carbons (Fsp3) is 0.250. The van der Waals surface area contributed by atoms with E-state index in [9.17, 15) is 4.79 Å². The third-order valence-electron chi connectivity index (χ3n) is 5.47. The van der Waals surface area contributed by atoms with E-state index in [2.05, 4.69) is 23.2 Å². The minimum Gasteiger partial charge on any atom is -0.438 e. The number of halogens is 1. The van der Waals surface area contributed by atoms with E-state index in [0.29, 0.717) is 47.8 Å². The van der Waals surface area contributed by atoms with Crippen molar-refractivity contribution >= 4 is 17.5 Å². The number of hydrogen-bond acceptors (Lipinski definition) is 4. The van der Waals surface area contributed by atoms with Crippen LogP contribution in [-0.2, 0) is 6.54 Å². The molecule has 5 nitrogen and oxygen atoms in total. The van der Waals surface area contributed by atoms with Gasteiger partial charge >= 0.3 is 0 Å². The number of carbonyl (C=O) groups excluding carboxylic acids is 1. The number of amides is 1. The lowest BCUT2D eigenvalue weighted by Crippen LogP contribution is -2.38. The predicted molar refractivity (Wildman–Crippen MR) is 118 cm³/mol. The van der Waals surface area contributed by atoms with Crippen LogP contribution in [0.2, 0.25) is 5.02 Å². The Morgan fingerprint density at radius 2 is 1.87 bits per heavy atom. The predicted octanol–water partition coefficient (Wildman–Crippen LogP) is 5.01. The molecule has 0 bridgehead atoms. The van der Waals surface area contributed by atoms with Crippen molar-refractivity contribution in [1.29, 1.82) is 0 Å². The van der Waals surface area contributed by atoms with Crippen LogP contribution in [0.5, 0.6) is 11.6 Å². The number of hydrogen-bond donors (Lipinski definition) is 1. The summed E-state index contributed by atoms with van der Waals surface area (Å²) >= 11 is 5.93. The fourth-order valence-electron chi connectivity index (χ4n) is 3.81. The SMILES string of the molecule is NCc1cccc(C2CCN(C(=O)c3cccnc3Oc3ccc(Cl)cc3)CC2)c1. The van der Waals surface area contributed by atoms with Crippen molar-refractivity contribution in [1.82, 2.24) is 9.88 Å². The van der Waals surface area contributed by atoms with Crippen molar-refractivity contribution in [3.8, 4) is 11.6 Å². The number of aromatic nitrogens is 1. The summed E-state index contributed by atoms with van der Waals surface area (Å²) in [6.07, 6.45) is 3.47. The van der Waals surface area contributed by atoms with E-state index in [1.807, 2.05) is 11.0 Å². The number of likely N-dealkylation sites (tertiary alicyclic amines) is 1. The molecule has 0 saturated carbocycles. The largest absolute Gasteiger partial charge is 0.438 e. The highest BCUT2D eigenvalue weighted by molar-refractivity contribution is 6.30. The Morgan fingerprint density at radius 1 is 1.10 bits per heavy atom. The van der Waals surface area contributed by atoms with Gasteiger partial charge in [-0.2, -0.15) is 0 Å². The second-order valence-corrected chi connectivity index (χ2v) is 7.86. The number of rotatable bonds is 5. The molecule has 2 aromatic carbocycles. The van der Waals surface area contributed by atoms with Crippen molar-refractivity contribution < 1.29 is 9.53 Å². The van der Waals surface area contributed by atoms with Crippen molar-refractivity contribution in [2.75, 3.05) is 13.1 Å². The number of pyridine rings is 1. The van der Waals surface area contributed by atoms with E-state index in [1.165, 1.54) is 5.56 Å². The summed E-state index contributed by atoms with van der Waals surface area (Å²) in [5.41, 5.74) is 8.69. The monoisotopic (exact) mass is 421 g/mol. The van der Waals surface area contributed by atoms with Crippen LogP contribution < -0.4 is 10.5 Å². The molecule has 0 aliphatic carbocycles. The molecule has 154 valence electrons. The van der Waals surface area contributed by atoms with E-state index in [0.717, 1.165) is 18.4 Å². The first-order valence-electron chi connectivity index (χ1n) is 10.1. The molecule has 3 aromatic rings. The molecular weight excluding hydrogens is 398 g/mol. The van der Waals surface area contributed by atoms with Crippen LogP contribution in [0.15, 0.2) is 66.9 Å². The highest BCUT2D eigenvalue weighted by atomic mass is 35.5. The van der Waals surface area contributed by atoms with Crippen molar-refractivity contribution in [3.05, 3.63) is 88.6 Å². The van der Waals surface area contributed by atoms with Gasteiger partial charge in [0.2, 0.25) is 5.88 Å². The van der Waals surface area contributed by atoms with Gasteiger partial charge < -0.3 is 15.4 Å². The van der Waals surface area contributed by atoms with Gasteiger partial charge in [0, 0.05) is 30.9 Å². The van der Waals surface area contributed by atoms with Gasteiger partial charge in [0.05, 0.1) is 0 Å². The summed E-state index contributed by atoms with van der Waals surface area (Å²) in [6, 6.07) is 19.0. The van der Waals surface area contributed by atoms with Gasteiger partial charge in [-0.3, -0.25) is 4.79 Å².